The number of carbonyl (C=O) groups is 2. The molecular weight excluding hydrogens is 473 g/mol. The van der Waals surface area contributed by atoms with Crippen LogP contribution in [0.2, 0.25) is 0 Å². The third-order valence-electron chi connectivity index (χ3n) is 5.69. The van der Waals surface area contributed by atoms with Crippen molar-refractivity contribution in [2.24, 2.45) is 5.92 Å². The Labute approximate surface area is 197 Å². The van der Waals surface area contributed by atoms with Crippen molar-refractivity contribution in [3.05, 3.63) is 58.1 Å². The molecule has 190 valence electrons. The molecule has 1 amide bonds. The Morgan fingerprint density at radius 3 is 2.57 bits per heavy atom. The highest BCUT2D eigenvalue weighted by Crippen LogP contribution is 2.37. The van der Waals surface area contributed by atoms with Gasteiger partial charge >= 0.3 is 17.8 Å². The summed E-state index contributed by atoms with van der Waals surface area (Å²) in [5, 5.41) is 21.8. The Bertz CT molecular complexity index is 1140. The van der Waals surface area contributed by atoms with Crippen molar-refractivity contribution < 1.29 is 37.7 Å². The second-order valence-corrected chi connectivity index (χ2v) is 8.41. The van der Waals surface area contributed by atoms with Gasteiger partial charge in [0.1, 0.15) is 11.9 Å². The highest BCUT2D eigenvalue weighted by Gasteiger charge is 2.53. The van der Waals surface area contributed by atoms with Gasteiger partial charge in [-0.05, 0) is 12.3 Å². The smallest absolute Gasteiger partial charge is 0.394 e. The maximum absolute atomic E-state index is 13.5. The van der Waals surface area contributed by atoms with Crippen LogP contribution in [0.4, 0.5) is 19.0 Å². The lowest BCUT2D eigenvalue weighted by Crippen LogP contribution is -2.49. The van der Waals surface area contributed by atoms with Crippen LogP contribution in [0, 0.1) is 5.92 Å². The number of alkyl halides is 3. The lowest BCUT2D eigenvalue weighted by molar-refractivity contribution is -0.173. The van der Waals surface area contributed by atoms with Crippen molar-refractivity contribution in [1.29, 1.82) is 0 Å². The monoisotopic (exact) mass is 498 g/mol. The van der Waals surface area contributed by atoms with Gasteiger partial charge < -0.3 is 26.0 Å². The molecule has 1 aliphatic rings. The average molecular weight is 498 g/mol. The van der Waals surface area contributed by atoms with Gasteiger partial charge in [-0.15, -0.1) is 0 Å². The van der Waals surface area contributed by atoms with Crippen LogP contribution in [-0.4, -0.2) is 63.0 Å². The Balaban J connectivity index is 1.98. The van der Waals surface area contributed by atoms with Crippen LogP contribution in [0.5, 0.6) is 0 Å². The summed E-state index contributed by atoms with van der Waals surface area (Å²) in [5.74, 6) is -3.52. The normalized spacial score (nSPS) is 23.1. The molecule has 0 saturated carbocycles. The lowest BCUT2D eigenvalue weighted by Gasteiger charge is -2.30. The maximum atomic E-state index is 13.5. The quantitative estimate of drug-likeness (QED) is 0.380. The van der Waals surface area contributed by atoms with E-state index in [0.29, 0.717) is 0 Å². The first kappa shape index (κ1) is 26.3. The molecule has 0 spiro atoms. The van der Waals surface area contributed by atoms with Gasteiger partial charge in [0.15, 0.2) is 0 Å². The van der Waals surface area contributed by atoms with Gasteiger partial charge in [0, 0.05) is 30.3 Å². The molecule has 2 aromatic rings. The zero-order valence-corrected chi connectivity index (χ0v) is 18.7. The number of aliphatic hydroxyl groups excluding tert-OH is 2. The standard InChI is InChI=1S/C22H25F3N4O6/c1-12(9-27-19(33)22(23,24)25)7-14-10-29(20(34)28-18(14)26)21(8-15(31)16(11-30)35-21)17(32)13-5-3-2-4-6-13/h2-6,10,12,15-16,30-31H,7-9,11H2,1H3,(H,27,33)(H2,26,28,34)/t12?,15-,16+,21-/m0/s1. The van der Waals surface area contributed by atoms with Crippen molar-refractivity contribution in [1.82, 2.24) is 14.9 Å². The maximum Gasteiger partial charge on any atom is 0.471 e. The number of ketones is 1. The van der Waals surface area contributed by atoms with Crippen molar-refractivity contribution in [3.63, 3.8) is 0 Å². The summed E-state index contributed by atoms with van der Waals surface area (Å²) >= 11 is 0. The highest BCUT2D eigenvalue weighted by molar-refractivity contribution is 6.01. The van der Waals surface area contributed by atoms with Crippen LogP contribution < -0.4 is 16.7 Å². The molecule has 1 aromatic carbocycles. The second-order valence-electron chi connectivity index (χ2n) is 8.41. The lowest BCUT2D eigenvalue weighted by atomic mass is 9.95. The molecular formula is C22H25F3N4O6. The number of nitrogens with two attached hydrogens (primary N) is 1. The van der Waals surface area contributed by atoms with Crippen LogP contribution in [0.3, 0.4) is 0 Å². The van der Waals surface area contributed by atoms with Gasteiger partial charge in [-0.2, -0.15) is 18.2 Å². The van der Waals surface area contributed by atoms with Crippen LogP contribution >= 0.6 is 0 Å². The number of Topliss-reactive ketones (excluding diaryl/α,β-unsaturated/α-hetero) is 1. The number of ether oxygens (including phenoxy) is 1. The molecule has 0 radical (unpaired) electrons. The second kappa shape index (κ2) is 10.1. The number of amides is 1. The first-order valence-corrected chi connectivity index (χ1v) is 10.7. The SMILES string of the molecule is CC(CNC(=O)C(F)(F)F)Cc1cn([C@@]2(C(=O)c3ccccc3)C[C@H](O)[C@@H](CO)O2)c(=O)nc1N. The number of nitrogens with zero attached hydrogens (tertiary/aromatic N) is 2. The first-order valence-electron chi connectivity index (χ1n) is 10.7. The van der Waals surface area contributed by atoms with Crippen LogP contribution in [0.25, 0.3) is 0 Å². The summed E-state index contributed by atoms with van der Waals surface area (Å²) in [6.45, 7) is 0.589. The number of nitrogen functional groups attached to an aromatic ring is 1. The number of aromatic nitrogens is 2. The number of halogens is 3. The van der Waals surface area contributed by atoms with Crippen molar-refractivity contribution in [2.45, 2.75) is 43.9 Å². The number of carbonyl (C=O) groups excluding carboxylic acids is 2. The molecule has 1 unspecified atom stereocenters. The minimum atomic E-state index is -5.03. The van der Waals surface area contributed by atoms with E-state index in [2.05, 4.69) is 4.98 Å². The van der Waals surface area contributed by atoms with E-state index in [1.807, 2.05) is 0 Å². The molecule has 1 fully saturated rings. The van der Waals surface area contributed by atoms with E-state index in [1.54, 1.807) is 30.4 Å². The number of nitrogens with one attached hydrogen (secondary N) is 1. The average Bonchev–Trinajstić information content (AvgIpc) is 3.15. The van der Waals surface area contributed by atoms with E-state index in [1.165, 1.54) is 18.3 Å². The third-order valence-corrected chi connectivity index (χ3v) is 5.69. The van der Waals surface area contributed by atoms with E-state index < -0.39 is 54.0 Å². The molecule has 2 heterocycles. The summed E-state index contributed by atoms with van der Waals surface area (Å²) in [6.07, 6.45) is -6.63. The Morgan fingerprint density at radius 2 is 2.00 bits per heavy atom. The molecule has 1 aliphatic heterocycles. The summed E-state index contributed by atoms with van der Waals surface area (Å²) in [7, 11) is 0. The minimum Gasteiger partial charge on any atom is -0.394 e. The molecule has 5 N–H and O–H groups in total. The van der Waals surface area contributed by atoms with Crippen molar-refractivity contribution in [3.8, 4) is 0 Å². The number of benzene rings is 1. The molecule has 13 heteroatoms. The van der Waals surface area contributed by atoms with Gasteiger partial charge in [0.2, 0.25) is 11.5 Å². The zero-order valence-electron chi connectivity index (χ0n) is 18.7. The van der Waals surface area contributed by atoms with Gasteiger partial charge in [-0.1, -0.05) is 37.3 Å². The molecule has 35 heavy (non-hydrogen) atoms. The molecule has 4 atom stereocenters. The topological polar surface area (TPSA) is 157 Å². The van der Waals surface area contributed by atoms with E-state index in [9.17, 15) is 37.8 Å². The fourth-order valence-corrected chi connectivity index (χ4v) is 3.91. The Hall–Kier alpha value is -3.29. The van der Waals surface area contributed by atoms with E-state index in [4.69, 9.17) is 10.5 Å². The first-order chi connectivity index (χ1) is 16.4. The highest BCUT2D eigenvalue weighted by atomic mass is 19.4. The largest absolute Gasteiger partial charge is 0.471 e. The van der Waals surface area contributed by atoms with Crippen molar-refractivity contribution >= 4 is 17.5 Å². The predicted molar refractivity (Wildman–Crippen MR) is 116 cm³/mol. The number of aliphatic hydroxyl groups is 2. The molecule has 1 saturated heterocycles. The van der Waals surface area contributed by atoms with Gasteiger partial charge in [0.25, 0.3) is 0 Å². The van der Waals surface area contributed by atoms with Crippen LogP contribution in [0.15, 0.2) is 41.3 Å². The van der Waals surface area contributed by atoms with E-state index in [-0.39, 0.29) is 36.3 Å². The van der Waals surface area contributed by atoms with E-state index in [0.717, 1.165) is 4.57 Å². The number of hydrogen-bond donors (Lipinski definition) is 4. The third kappa shape index (κ3) is 5.52. The fourth-order valence-electron chi connectivity index (χ4n) is 3.91. The summed E-state index contributed by atoms with van der Waals surface area (Å²) in [5.41, 5.74) is 3.25. The number of anilines is 1. The van der Waals surface area contributed by atoms with Gasteiger partial charge in [-0.25, -0.2) is 4.79 Å². The number of hydrogen-bond acceptors (Lipinski definition) is 8. The minimum absolute atomic E-state index is 0.00115. The van der Waals surface area contributed by atoms with Gasteiger partial charge in [0.05, 0.1) is 12.7 Å². The summed E-state index contributed by atoms with van der Waals surface area (Å²) < 4.78 is 44.0. The molecule has 0 bridgehead atoms. The molecule has 3 rings (SSSR count). The molecule has 1 aromatic heterocycles. The Kier molecular flexibility index (Phi) is 7.62. The predicted octanol–water partition coefficient (Wildman–Crippen LogP) is 0.360. The fraction of sp³-hybridized carbons (Fsp3) is 0.455. The van der Waals surface area contributed by atoms with Crippen LogP contribution in [-0.2, 0) is 21.7 Å². The molecule has 10 nitrogen and oxygen atoms in total. The zero-order chi connectivity index (χ0) is 26.0. The summed E-state index contributed by atoms with van der Waals surface area (Å²) in [6, 6.07) is 7.87. The van der Waals surface area contributed by atoms with Gasteiger partial charge in [-0.3, -0.25) is 14.2 Å². The van der Waals surface area contributed by atoms with Crippen molar-refractivity contribution in [2.75, 3.05) is 18.9 Å². The Morgan fingerprint density at radius 1 is 1.34 bits per heavy atom. The summed E-state index contributed by atoms with van der Waals surface area (Å²) in [4.78, 5) is 41.2. The molecule has 0 aliphatic carbocycles. The van der Waals surface area contributed by atoms with E-state index >= 15 is 0 Å². The number of rotatable bonds is 8. The van der Waals surface area contributed by atoms with Crippen LogP contribution in [0.1, 0.15) is 29.3 Å².